The van der Waals surface area contributed by atoms with E-state index >= 15 is 0 Å². The van der Waals surface area contributed by atoms with E-state index in [-0.39, 0.29) is 22.8 Å². The Morgan fingerprint density at radius 1 is 1.24 bits per heavy atom. The van der Waals surface area contributed by atoms with Crippen LogP contribution in [0.4, 0.5) is 5.69 Å². The number of morpholine rings is 1. The van der Waals surface area contributed by atoms with E-state index < -0.39 is 10.0 Å². The van der Waals surface area contributed by atoms with E-state index in [9.17, 15) is 13.2 Å². The number of benzene rings is 1. The number of rotatable bonds is 4. The number of nitrogens with one attached hydrogen (secondary N) is 1. The number of hydrazine groups is 1. The van der Waals surface area contributed by atoms with Crippen molar-refractivity contribution >= 4 is 21.6 Å². The zero-order chi connectivity index (χ0) is 17.6. The number of anilines is 1. The number of fused-ring (bicyclic) bond motifs is 1. The number of sulfonamides is 1. The van der Waals surface area contributed by atoms with E-state index in [1.165, 1.54) is 0 Å². The van der Waals surface area contributed by atoms with Crippen molar-refractivity contribution in [3.63, 3.8) is 0 Å². The van der Waals surface area contributed by atoms with E-state index in [4.69, 9.17) is 4.74 Å². The van der Waals surface area contributed by atoms with Crippen LogP contribution in [-0.2, 0) is 26.0 Å². The zero-order valence-electron chi connectivity index (χ0n) is 14.3. The lowest BCUT2D eigenvalue weighted by Crippen LogP contribution is -2.48. The number of hydrogen-bond donors (Lipinski definition) is 1. The molecule has 8 heteroatoms. The molecule has 1 aromatic carbocycles. The normalized spacial score (nSPS) is 24.4. The Bertz CT molecular complexity index is 785. The molecular weight excluding hydrogens is 342 g/mol. The largest absolute Gasteiger partial charge is 0.379 e. The number of hydrogen-bond acceptors (Lipinski definition) is 5. The average Bonchev–Trinajstić information content (AvgIpc) is 3.37. The summed E-state index contributed by atoms with van der Waals surface area (Å²) in [6.07, 6.45) is 2.62. The first-order valence-corrected chi connectivity index (χ1v) is 10.3. The van der Waals surface area contributed by atoms with Gasteiger partial charge in [-0.05, 0) is 49.9 Å². The van der Waals surface area contributed by atoms with Gasteiger partial charge >= 0.3 is 0 Å². The number of carbonyl (C=O) groups is 1. The van der Waals surface area contributed by atoms with Crippen LogP contribution in [0.25, 0.3) is 0 Å². The minimum Gasteiger partial charge on any atom is -0.379 e. The standard InChI is InChI=1S/C17H23N3O4S/c1-12-10-14-11-15(25(22,23)18-19-6-8-24-9-7-19)4-5-16(14)20(12)17(21)13-2-3-13/h4-5,11-13,18H,2-3,6-10H2,1H3/t12-/m0/s1. The molecule has 3 aliphatic rings. The third-order valence-electron chi connectivity index (χ3n) is 5.00. The molecule has 0 bridgehead atoms. The molecule has 1 saturated heterocycles. The van der Waals surface area contributed by atoms with Crippen molar-refractivity contribution < 1.29 is 17.9 Å². The predicted molar refractivity (Wildman–Crippen MR) is 92.5 cm³/mol. The average molecular weight is 365 g/mol. The van der Waals surface area contributed by atoms with E-state index in [2.05, 4.69) is 4.83 Å². The van der Waals surface area contributed by atoms with E-state index in [0.717, 1.165) is 24.1 Å². The van der Waals surface area contributed by atoms with Crippen LogP contribution in [0.5, 0.6) is 0 Å². The molecule has 1 amide bonds. The van der Waals surface area contributed by atoms with Gasteiger partial charge in [-0.3, -0.25) is 4.79 Å². The van der Waals surface area contributed by atoms with Gasteiger partial charge in [-0.15, -0.1) is 4.83 Å². The number of ether oxygens (including phenoxy) is 1. The second-order valence-corrected chi connectivity index (χ2v) is 8.68. The van der Waals surface area contributed by atoms with Crippen LogP contribution in [0.3, 0.4) is 0 Å². The summed E-state index contributed by atoms with van der Waals surface area (Å²) in [4.78, 5) is 17.2. The van der Waals surface area contributed by atoms with Crippen LogP contribution >= 0.6 is 0 Å². The Labute approximate surface area is 148 Å². The highest BCUT2D eigenvalue weighted by Crippen LogP contribution is 2.39. The molecule has 136 valence electrons. The predicted octanol–water partition coefficient (Wildman–Crippen LogP) is 0.900. The number of nitrogens with zero attached hydrogens (tertiary/aromatic N) is 2. The second-order valence-electron chi connectivity index (χ2n) is 7.02. The SMILES string of the molecule is C[C@H]1Cc2cc(S(=O)(=O)NN3CCOCC3)ccc2N1C(=O)C1CC1. The van der Waals surface area contributed by atoms with Gasteiger partial charge in [-0.1, -0.05) is 0 Å². The molecule has 0 spiro atoms. The monoisotopic (exact) mass is 365 g/mol. The van der Waals surface area contributed by atoms with Crippen molar-refractivity contribution in [3.8, 4) is 0 Å². The van der Waals surface area contributed by atoms with Crippen molar-refractivity contribution in [2.75, 3.05) is 31.2 Å². The fourth-order valence-electron chi connectivity index (χ4n) is 3.51. The fraction of sp³-hybridized carbons (Fsp3) is 0.588. The molecule has 1 N–H and O–H groups in total. The first-order chi connectivity index (χ1) is 12.0. The summed E-state index contributed by atoms with van der Waals surface area (Å²) >= 11 is 0. The summed E-state index contributed by atoms with van der Waals surface area (Å²) in [6, 6.07) is 5.14. The summed E-state index contributed by atoms with van der Waals surface area (Å²) < 4.78 is 30.5. The van der Waals surface area contributed by atoms with Crippen LogP contribution in [0.1, 0.15) is 25.3 Å². The van der Waals surface area contributed by atoms with Gasteiger partial charge in [0.25, 0.3) is 10.0 Å². The minimum atomic E-state index is -3.62. The highest BCUT2D eigenvalue weighted by molar-refractivity contribution is 7.89. The summed E-state index contributed by atoms with van der Waals surface area (Å²) in [5.74, 6) is 0.327. The Balaban J connectivity index is 1.57. The Morgan fingerprint density at radius 3 is 2.64 bits per heavy atom. The lowest BCUT2D eigenvalue weighted by Gasteiger charge is -2.26. The van der Waals surface area contributed by atoms with Crippen LogP contribution in [-0.4, -0.2) is 51.7 Å². The maximum absolute atomic E-state index is 12.6. The first-order valence-electron chi connectivity index (χ1n) is 8.77. The quantitative estimate of drug-likeness (QED) is 0.858. The molecule has 1 aliphatic carbocycles. The molecular formula is C17H23N3O4S. The lowest BCUT2D eigenvalue weighted by molar-refractivity contribution is -0.120. The van der Waals surface area contributed by atoms with Crippen LogP contribution in [0.2, 0.25) is 0 Å². The second kappa shape index (κ2) is 6.35. The van der Waals surface area contributed by atoms with Gasteiger partial charge in [0.05, 0.1) is 18.1 Å². The van der Waals surface area contributed by atoms with Gasteiger partial charge in [-0.25, -0.2) is 13.4 Å². The van der Waals surface area contributed by atoms with Crippen molar-refractivity contribution in [2.45, 2.75) is 37.1 Å². The summed E-state index contributed by atoms with van der Waals surface area (Å²) in [5, 5.41) is 1.66. The molecule has 2 aliphatic heterocycles. The van der Waals surface area contributed by atoms with E-state index in [0.29, 0.717) is 32.7 Å². The van der Waals surface area contributed by atoms with Crippen LogP contribution in [0.15, 0.2) is 23.1 Å². The van der Waals surface area contributed by atoms with E-state index in [1.54, 1.807) is 23.2 Å². The third-order valence-corrected chi connectivity index (χ3v) is 6.37. The lowest BCUT2D eigenvalue weighted by atomic mass is 10.1. The van der Waals surface area contributed by atoms with Gasteiger partial charge in [0.2, 0.25) is 5.91 Å². The van der Waals surface area contributed by atoms with Crippen molar-refractivity contribution in [2.24, 2.45) is 5.92 Å². The highest BCUT2D eigenvalue weighted by atomic mass is 32.2. The molecule has 0 radical (unpaired) electrons. The maximum Gasteiger partial charge on any atom is 0.253 e. The summed E-state index contributed by atoms with van der Waals surface area (Å²) in [7, 11) is -3.62. The van der Waals surface area contributed by atoms with Gasteiger partial charge in [0.1, 0.15) is 0 Å². The molecule has 0 aromatic heterocycles. The molecule has 7 nitrogen and oxygen atoms in total. The molecule has 1 aromatic rings. The van der Waals surface area contributed by atoms with Gasteiger partial charge in [0.15, 0.2) is 0 Å². The van der Waals surface area contributed by atoms with E-state index in [1.807, 2.05) is 11.8 Å². The smallest absolute Gasteiger partial charge is 0.253 e. The number of amides is 1. The Morgan fingerprint density at radius 2 is 1.96 bits per heavy atom. The highest BCUT2D eigenvalue weighted by Gasteiger charge is 2.39. The molecule has 2 fully saturated rings. The third kappa shape index (κ3) is 3.31. The maximum atomic E-state index is 12.6. The van der Waals surface area contributed by atoms with Crippen LogP contribution < -0.4 is 9.73 Å². The topological polar surface area (TPSA) is 79.0 Å². The van der Waals surface area contributed by atoms with Crippen molar-refractivity contribution in [1.82, 2.24) is 9.84 Å². The molecule has 1 saturated carbocycles. The summed E-state index contributed by atoms with van der Waals surface area (Å²) in [6.45, 7) is 4.11. The molecule has 25 heavy (non-hydrogen) atoms. The van der Waals surface area contributed by atoms with Gasteiger partial charge in [0, 0.05) is 30.7 Å². The summed E-state index contributed by atoms with van der Waals surface area (Å²) in [5.41, 5.74) is 1.78. The Kier molecular flexibility index (Phi) is 4.31. The Hall–Kier alpha value is -1.48. The van der Waals surface area contributed by atoms with Crippen molar-refractivity contribution in [1.29, 1.82) is 0 Å². The minimum absolute atomic E-state index is 0.0771. The molecule has 4 rings (SSSR count). The van der Waals surface area contributed by atoms with Crippen LogP contribution in [0, 0.1) is 5.92 Å². The van der Waals surface area contributed by atoms with Crippen molar-refractivity contribution in [3.05, 3.63) is 23.8 Å². The van der Waals surface area contributed by atoms with Gasteiger partial charge < -0.3 is 9.64 Å². The number of carbonyl (C=O) groups excluding carboxylic acids is 1. The zero-order valence-corrected chi connectivity index (χ0v) is 15.1. The fourth-order valence-corrected chi connectivity index (χ4v) is 4.69. The molecule has 1 atom stereocenters. The molecule has 2 heterocycles. The first kappa shape index (κ1) is 17.0. The molecule has 0 unspecified atom stereocenters. The van der Waals surface area contributed by atoms with Gasteiger partial charge in [-0.2, -0.15) is 0 Å².